The van der Waals surface area contributed by atoms with E-state index < -0.39 is 0 Å². The zero-order chi connectivity index (χ0) is 28.7. The van der Waals surface area contributed by atoms with Gasteiger partial charge in [0.1, 0.15) is 6.61 Å². The van der Waals surface area contributed by atoms with E-state index in [-0.39, 0.29) is 6.09 Å². The summed E-state index contributed by atoms with van der Waals surface area (Å²) in [6.45, 7) is 13.6. The van der Waals surface area contributed by atoms with Crippen LogP contribution in [0.15, 0.2) is 77.6 Å². The highest BCUT2D eigenvalue weighted by Crippen LogP contribution is 2.21. The van der Waals surface area contributed by atoms with Crippen LogP contribution in [-0.4, -0.2) is 80.3 Å². The van der Waals surface area contributed by atoms with Gasteiger partial charge in [-0.2, -0.15) is 0 Å². The number of hydrogen-bond acceptors (Lipinski definition) is 4. The summed E-state index contributed by atoms with van der Waals surface area (Å²) >= 11 is 0. The zero-order valence-electron chi connectivity index (χ0n) is 25.7. The predicted molar refractivity (Wildman–Crippen MR) is 168 cm³/mol. The fourth-order valence-electron chi connectivity index (χ4n) is 4.46. The number of hydrogen-bond donors (Lipinski definition) is 0. The molecule has 2 aliphatic carbocycles. The van der Waals surface area contributed by atoms with Gasteiger partial charge in [-0.3, -0.25) is 0 Å². The Hall–Kier alpha value is -2.59. The molecule has 1 saturated carbocycles. The average molecular weight is 538 g/mol. The van der Waals surface area contributed by atoms with Crippen LogP contribution in [0.3, 0.4) is 0 Å². The van der Waals surface area contributed by atoms with E-state index >= 15 is 0 Å². The van der Waals surface area contributed by atoms with Crippen LogP contribution in [0.25, 0.3) is 0 Å². The molecule has 0 unspecified atom stereocenters. The topological polar surface area (TPSA) is 36.0 Å². The van der Waals surface area contributed by atoms with Gasteiger partial charge in [0, 0.05) is 25.7 Å². The normalized spacial score (nSPS) is 18.5. The first-order chi connectivity index (χ1) is 18.9. The van der Waals surface area contributed by atoms with Crippen molar-refractivity contribution < 1.29 is 9.53 Å². The van der Waals surface area contributed by atoms with Crippen molar-refractivity contribution in [1.29, 1.82) is 0 Å². The first-order valence-corrected chi connectivity index (χ1v) is 15.0. The molecule has 1 amide bonds. The van der Waals surface area contributed by atoms with Gasteiger partial charge in [0.2, 0.25) is 0 Å². The largest absolute Gasteiger partial charge is 0.445 e. The first kappa shape index (κ1) is 34.4. The van der Waals surface area contributed by atoms with Crippen LogP contribution < -0.4 is 0 Å². The summed E-state index contributed by atoms with van der Waals surface area (Å²) in [6, 6.07) is 0.912. The number of likely N-dealkylation sites (N-methyl/N-ethyl adjacent to an activating group) is 1. The quantitative estimate of drug-likeness (QED) is 0.235. The molecule has 39 heavy (non-hydrogen) atoms. The molecule has 0 atom stereocenters. The second-order valence-corrected chi connectivity index (χ2v) is 10.3. The Labute approximate surface area is 240 Å². The molecule has 1 heterocycles. The first-order valence-electron chi connectivity index (χ1n) is 15.0. The molecule has 0 aromatic heterocycles. The minimum Gasteiger partial charge on any atom is -0.445 e. The van der Waals surface area contributed by atoms with E-state index in [0.29, 0.717) is 6.61 Å². The molecular weight excluding hydrogens is 482 g/mol. The van der Waals surface area contributed by atoms with Gasteiger partial charge in [-0.15, -0.1) is 5.73 Å². The van der Waals surface area contributed by atoms with Gasteiger partial charge in [-0.1, -0.05) is 76.1 Å². The maximum atomic E-state index is 11.9. The fraction of sp³-hybridized carbons (Fsp3) is 0.588. The fourth-order valence-corrected chi connectivity index (χ4v) is 4.46. The highest BCUT2D eigenvalue weighted by molar-refractivity contribution is 5.67. The van der Waals surface area contributed by atoms with Gasteiger partial charge in [0.05, 0.1) is 0 Å². The maximum Gasteiger partial charge on any atom is 0.410 e. The summed E-state index contributed by atoms with van der Waals surface area (Å²) in [6.07, 6.45) is 28.7. The molecule has 0 spiro atoms. The Morgan fingerprint density at radius 3 is 2.41 bits per heavy atom. The van der Waals surface area contributed by atoms with Crippen molar-refractivity contribution in [2.45, 2.75) is 78.7 Å². The molecule has 0 aromatic carbocycles. The number of ether oxygens (including phenoxy) is 1. The third-order valence-corrected chi connectivity index (χ3v) is 7.09. The van der Waals surface area contributed by atoms with Crippen LogP contribution in [0, 0.1) is 0 Å². The molecule has 5 nitrogen and oxygen atoms in total. The summed E-state index contributed by atoms with van der Waals surface area (Å²) in [5.74, 6) is 0. The monoisotopic (exact) mass is 537 g/mol. The van der Waals surface area contributed by atoms with E-state index in [9.17, 15) is 4.79 Å². The molecule has 2 fully saturated rings. The highest BCUT2D eigenvalue weighted by Gasteiger charge is 2.18. The number of carbonyl (C=O) groups excluding carboxylic acids is 1. The van der Waals surface area contributed by atoms with Crippen LogP contribution in [0.4, 0.5) is 4.79 Å². The standard InChI is InChI=1S/C16H26N2O2.C10H12.C8H17N/c1-3-4-5-6-7-8-9-15-20-16(19)18-12-10-11-17(2)13-14-18;1-3-10-7-5-4-6-9(2)8-10;1-3-9(2)8-6-4-5-7-8/h4-9H,3,10-15H2,1-2H3;5-8H,3H2,1-2H3;8H,3-7H2,1-2H3/b5-4-,7-6-,9-8+;;. The summed E-state index contributed by atoms with van der Waals surface area (Å²) < 4.78 is 5.23. The van der Waals surface area contributed by atoms with Crippen molar-refractivity contribution in [2.24, 2.45) is 0 Å². The van der Waals surface area contributed by atoms with Gasteiger partial charge in [0.15, 0.2) is 0 Å². The smallest absolute Gasteiger partial charge is 0.410 e. The molecular formula is C34H55N3O2. The Kier molecular flexibility index (Phi) is 19.6. The van der Waals surface area contributed by atoms with Crippen molar-refractivity contribution in [3.05, 3.63) is 77.6 Å². The maximum absolute atomic E-state index is 11.9. The van der Waals surface area contributed by atoms with Gasteiger partial charge in [0.25, 0.3) is 0 Å². The molecule has 1 aliphatic heterocycles. The van der Waals surface area contributed by atoms with Crippen molar-refractivity contribution >= 4 is 6.09 Å². The summed E-state index contributed by atoms with van der Waals surface area (Å²) in [5, 5.41) is 0. The van der Waals surface area contributed by atoms with Crippen molar-refractivity contribution in [2.75, 3.05) is 53.4 Å². The molecule has 3 rings (SSSR count). The van der Waals surface area contributed by atoms with Crippen molar-refractivity contribution in [1.82, 2.24) is 14.7 Å². The minimum atomic E-state index is -0.209. The number of carbonyl (C=O) groups is 1. The van der Waals surface area contributed by atoms with E-state index in [0.717, 1.165) is 51.5 Å². The lowest BCUT2D eigenvalue weighted by Gasteiger charge is -2.21. The lowest BCUT2D eigenvalue weighted by molar-refractivity contribution is 0.114. The van der Waals surface area contributed by atoms with E-state index in [1.807, 2.05) is 42.5 Å². The molecule has 5 heteroatoms. The summed E-state index contributed by atoms with van der Waals surface area (Å²) in [5.41, 5.74) is 5.72. The van der Waals surface area contributed by atoms with E-state index in [1.165, 1.54) is 43.4 Å². The Balaban J connectivity index is 0.000000331. The Morgan fingerprint density at radius 2 is 1.74 bits per heavy atom. The molecule has 0 N–H and O–H groups in total. The molecule has 0 radical (unpaired) electrons. The molecule has 0 aromatic rings. The third-order valence-electron chi connectivity index (χ3n) is 7.09. The molecule has 218 valence electrons. The van der Waals surface area contributed by atoms with Crippen LogP contribution >= 0.6 is 0 Å². The van der Waals surface area contributed by atoms with Gasteiger partial charge in [-0.25, -0.2) is 4.79 Å². The molecule has 1 saturated heterocycles. The van der Waals surface area contributed by atoms with Crippen LogP contribution in [0.1, 0.15) is 72.6 Å². The highest BCUT2D eigenvalue weighted by atomic mass is 16.6. The van der Waals surface area contributed by atoms with Crippen LogP contribution in [-0.2, 0) is 4.74 Å². The lowest BCUT2D eigenvalue weighted by Crippen LogP contribution is -2.34. The number of rotatable bonds is 8. The Morgan fingerprint density at radius 1 is 1.03 bits per heavy atom. The van der Waals surface area contributed by atoms with E-state index in [1.54, 1.807) is 4.90 Å². The summed E-state index contributed by atoms with van der Waals surface area (Å²) in [4.78, 5) is 18.3. The molecule has 0 bridgehead atoms. The minimum absolute atomic E-state index is 0.209. The lowest BCUT2D eigenvalue weighted by atomic mass is 10.1. The SMILES string of the molecule is CCC1=CC=C=CC(C)=C1.CCN(C)C1CCCC1.CC\C=C/C=C\C=C\COC(=O)N1CCCN(C)CC1. The second kappa shape index (κ2) is 22.2. The number of allylic oxidation sites excluding steroid dienone is 10. The van der Waals surface area contributed by atoms with Gasteiger partial charge >= 0.3 is 6.09 Å². The Bertz CT molecular complexity index is 881. The number of amides is 1. The van der Waals surface area contributed by atoms with Crippen LogP contribution in [0.5, 0.6) is 0 Å². The second-order valence-electron chi connectivity index (χ2n) is 10.3. The van der Waals surface area contributed by atoms with Crippen molar-refractivity contribution in [3.63, 3.8) is 0 Å². The van der Waals surface area contributed by atoms with E-state index in [4.69, 9.17) is 4.74 Å². The zero-order valence-corrected chi connectivity index (χ0v) is 25.7. The number of nitrogens with zero attached hydrogens (tertiary/aromatic N) is 3. The van der Waals surface area contributed by atoms with Crippen molar-refractivity contribution in [3.8, 4) is 0 Å². The predicted octanol–water partition coefficient (Wildman–Crippen LogP) is 7.71. The summed E-state index contributed by atoms with van der Waals surface area (Å²) in [7, 11) is 4.31. The average Bonchev–Trinajstić information content (AvgIpc) is 3.29. The van der Waals surface area contributed by atoms with Gasteiger partial charge in [-0.05, 0) is 95.6 Å². The van der Waals surface area contributed by atoms with Gasteiger partial charge < -0.3 is 19.4 Å². The third kappa shape index (κ3) is 16.9. The van der Waals surface area contributed by atoms with E-state index in [2.05, 4.69) is 75.5 Å². The molecule has 3 aliphatic rings. The van der Waals surface area contributed by atoms with Crippen LogP contribution in [0.2, 0.25) is 0 Å².